The molecule has 12 aliphatic carbocycles. The smallest absolute Gasteiger partial charge is 0.130 e. The van der Waals surface area contributed by atoms with E-state index in [2.05, 4.69) is 96.3 Å². The third-order valence-corrected chi connectivity index (χ3v) is 23.8. The minimum Gasteiger partial charge on any atom is -0.358 e. The first kappa shape index (κ1) is 122. The van der Waals surface area contributed by atoms with Crippen molar-refractivity contribution in [1.29, 1.82) is 0 Å². The van der Waals surface area contributed by atoms with Gasteiger partial charge in [0.1, 0.15) is 13.4 Å². The van der Waals surface area contributed by atoms with Crippen LogP contribution in [0.25, 0.3) is 0 Å². The molecule has 0 saturated heterocycles. The van der Waals surface area contributed by atoms with Gasteiger partial charge in [-0.15, -0.1) is 0 Å². The molecule has 0 unspecified atom stereocenters. The van der Waals surface area contributed by atoms with Crippen LogP contribution in [0, 0.1) is 101 Å². The summed E-state index contributed by atoms with van der Waals surface area (Å²) in [6.07, 6.45) is 97.3. The van der Waals surface area contributed by atoms with E-state index in [0.717, 1.165) is 84.4 Å². The van der Waals surface area contributed by atoms with E-state index in [1.54, 1.807) is 154 Å². The first-order valence-electron chi connectivity index (χ1n) is 46.3. The van der Waals surface area contributed by atoms with Crippen molar-refractivity contribution < 1.29 is 98.1 Å². The molecule has 12 saturated carbocycles. The average Bonchev–Trinajstić information content (AvgIpc) is 0.961. The Labute approximate surface area is 737 Å². The Morgan fingerprint density at radius 2 is 0.204 bits per heavy atom. The van der Waals surface area contributed by atoms with Gasteiger partial charge in [0.2, 0.25) is 0 Å². The van der Waals surface area contributed by atoms with E-state index < -0.39 is 0 Å². The van der Waals surface area contributed by atoms with Gasteiger partial charge in [-0.1, -0.05) is 507 Å². The molecule has 3 radical (unpaired) electrons. The van der Waals surface area contributed by atoms with Crippen LogP contribution in [0.4, 0.5) is 0 Å². The predicted octanol–water partition coefficient (Wildman–Crippen LogP) is 35.3. The van der Waals surface area contributed by atoms with Crippen LogP contribution < -0.4 is 0 Å². The van der Waals surface area contributed by atoms with Gasteiger partial charge in [0, 0.05) is 98.1 Å². The fourth-order valence-corrected chi connectivity index (χ4v) is 19.3. The Kier molecular flexibility index (Phi) is 108. The van der Waals surface area contributed by atoms with Crippen LogP contribution in [-0.2, 0) is 98.1 Å². The molecule has 0 bridgehead atoms. The van der Waals surface area contributed by atoms with Crippen molar-refractivity contribution in [2.45, 2.75) is 507 Å². The van der Waals surface area contributed by atoms with Gasteiger partial charge in [0.25, 0.3) is 0 Å². The zero-order valence-electron chi connectivity index (χ0n) is 76.5. The molecule has 0 aromatic rings. The van der Waals surface area contributed by atoms with Gasteiger partial charge >= 0.3 is 0 Å². The van der Waals surface area contributed by atoms with E-state index in [9.17, 15) is 0 Å². The maximum absolute atomic E-state index is 2.17. The summed E-state index contributed by atoms with van der Waals surface area (Å²) in [6.45, 7) is 31.7. The first-order valence-corrected chi connectivity index (χ1v) is 46.3. The molecule has 0 aromatic carbocycles. The van der Waals surface area contributed by atoms with E-state index >= 15 is 0 Å². The van der Waals surface area contributed by atoms with Crippen LogP contribution in [-0.4, -0.2) is 39.5 Å². The molecule has 0 aromatic heterocycles. The van der Waals surface area contributed by atoms with Gasteiger partial charge in [0.15, 0.2) is 0 Å². The second-order valence-corrected chi connectivity index (χ2v) is 36.4. The molecule has 0 amide bonds. The summed E-state index contributed by atoms with van der Waals surface area (Å²) in [5.74, 6) is 13.7. The van der Waals surface area contributed by atoms with E-state index in [-0.39, 0.29) is 128 Å². The number of nitrogens with zero attached hydrogens (tertiary/aromatic N) is 1. The molecule has 12 fully saturated rings. The van der Waals surface area contributed by atoms with Gasteiger partial charge in [-0.25, -0.2) is 0 Å². The van der Waals surface area contributed by atoms with E-state index in [4.69, 9.17) is 0 Å². The van der Waals surface area contributed by atoms with Crippen LogP contribution in [0.5, 0.6) is 0 Å². The molecular weight excluding hydrogens is 1470 g/mol. The summed E-state index contributed by atoms with van der Waals surface area (Å²) in [5.41, 5.74) is 0. The van der Waals surface area contributed by atoms with Crippen LogP contribution in [0.2, 0.25) is 40.9 Å². The Hall–Kier alpha value is 3.40. The number of rotatable bonds is 6. The second-order valence-electron chi connectivity index (χ2n) is 36.4. The Bertz CT molecular complexity index is 1060. The monoisotopic (exact) mass is 1670 g/mol. The summed E-state index contributed by atoms with van der Waals surface area (Å²) in [6, 6.07) is 0. The molecule has 103 heavy (non-hydrogen) atoms. The van der Waals surface area contributed by atoms with Crippen molar-refractivity contribution in [2.24, 2.45) is 71.0 Å². The quantitative estimate of drug-likeness (QED) is 0.189. The second kappa shape index (κ2) is 90.9. The maximum Gasteiger partial charge on any atom is 0.130 e. The molecule has 12 rings (SSSR count). The van der Waals surface area contributed by atoms with Crippen molar-refractivity contribution >= 4 is 13.4 Å². The van der Waals surface area contributed by atoms with Gasteiger partial charge in [-0.05, 0) is 92.2 Å². The van der Waals surface area contributed by atoms with E-state index in [1.807, 2.05) is 26.0 Å². The molecule has 0 atom stereocenters. The number of hydrogen-bond acceptors (Lipinski definition) is 1. The topological polar surface area (TPSA) is 3.24 Å². The van der Waals surface area contributed by atoms with Crippen molar-refractivity contribution in [3.63, 3.8) is 0 Å². The zero-order valence-corrected chi connectivity index (χ0v) is 85.0. The Morgan fingerprint density at radius 1 is 0.165 bits per heavy atom. The predicted molar refractivity (Wildman–Crippen MR) is 475 cm³/mol. The van der Waals surface area contributed by atoms with Crippen molar-refractivity contribution in [1.82, 2.24) is 4.90 Å². The summed E-state index contributed by atoms with van der Waals surface area (Å²) in [5, 5.41) is 0. The van der Waals surface area contributed by atoms with Crippen LogP contribution in [0.1, 0.15) is 466 Å². The normalized spacial score (nSPS) is 21.8. The molecule has 6 heteroatoms. The fourth-order valence-electron chi connectivity index (χ4n) is 19.3. The van der Waals surface area contributed by atoms with Crippen molar-refractivity contribution in [3.8, 4) is 0 Å². The molecule has 0 aliphatic heterocycles. The molecule has 0 heterocycles. The van der Waals surface area contributed by atoms with Crippen molar-refractivity contribution in [2.75, 3.05) is 21.1 Å². The standard InChI is InChI=1S/6C12H22.2C3H9B.C3H9N.4C3H8.4CH3.3Y/c6*1-3-7-11(8-4-1)12-9-5-2-6-10-12;3*1-4(2)3;4*1-3-2;;;;;;;/h6*11-12H,1-10H2;3*1-3H3;4*3H2,1-2H3;4*1H3;;;/q;;;;;;;;;;;;;4*-1;;;. The molecule has 0 spiro atoms. The molecule has 615 valence electrons. The van der Waals surface area contributed by atoms with Crippen molar-refractivity contribution in [3.05, 3.63) is 29.7 Å². The zero-order chi connectivity index (χ0) is 70.9. The summed E-state index contributed by atoms with van der Waals surface area (Å²) >= 11 is 0. The molecule has 12 aliphatic rings. The minimum atomic E-state index is 0. The third-order valence-electron chi connectivity index (χ3n) is 23.8. The molecular formula is C97H203B2NY3-4. The van der Waals surface area contributed by atoms with Gasteiger partial charge in [0.05, 0.1) is 0 Å². The Morgan fingerprint density at radius 3 is 0.243 bits per heavy atom. The molecule has 0 N–H and O–H groups in total. The summed E-state index contributed by atoms with van der Waals surface area (Å²) in [4.78, 5) is 2.00. The van der Waals surface area contributed by atoms with Crippen LogP contribution in [0.15, 0.2) is 0 Å². The van der Waals surface area contributed by atoms with Gasteiger partial charge in [-0.3, -0.25) is 0 Å². The Balaban J connectivity index is -0.000000163. The van der Waals surface area contributed by atoms with Gasteiger partial charge in [-0.2, -0.15) is 0 Å². The summed E-state index contributed by atoms with van der Waals surface area (Å²) < 4.78 is 0. The maximum atomic E-state index is 2.17. The van der Waals surface area contributed by atoms with Crippen LogP contribution >= 0.6 is 0 Å². The molecule has 1 nitrogen and oxygen atoms in total. The van der Waals surface area contributed by atoms with Crippen LogP contribution in [0.3, 0.4) is 0 Å². The number of hydrogen-bond donors (Lipinski definition) is 0. The average molecular weight is 1670 g/mol. The first-order chi connectivity index (χ1) is 46.7. The SMILES string of the molecule is C1CCC(C2CCCCC2)CC1.C1CCC(C2CCCCC2)CC1.C1CCC(C2CCCCC2)CC1.C1CCC(C2CCCCC2)CC1.C1CCC(C2CCCCC2)CC1.C1CCC(C2CCCCC2)CC1.CB(C)C.CB(C)C.CCC.CCC.CCC.CCC.CN(C)C.[CH3-].[CH3-].[CH3-].[CH3-].[Y].[Y].[Y]. The van der Waals surface area contributed by atoms with E-state index in [1.165, 1.54) is 257 Å². The van der Waals surface area contributed by atoms with Gasteiger partial charge < -0.3 is 34.6 Å². The van der Waals surface area contributed by atoms with E-state index in [0.29, 0.717) is 0 Å². The third kappa shape index (κ3) is 74.0. The fraction of sp³-hybridized carbons (Fsp3) is 0.959. The summed E-state index contributed by atoms with van der Waals surface area (Å²) in [7, 11) is 6.00. The largest absolute Gasteiger partial charge is 0.358 e. The minimum absolute atomic E-state index is 0.